The predicted octanol–water partition coefficient (Wildman–Crippen LogP) is 4.20. The molecule has 2 aromatic carbocycles. The second-order valence-corrected chi connectivity index (χ2v) is 7.17. The van der Waals surface area contributed by atoms with Crippen LogP contribution < -0.4 is 5.32 Å². The van der Waals surface area contributed by atoms with E-state index in [-0.39, 0.29) is 23.6 Å². The third-order valence-corrected chi connectivity index (χ3v) is 3.83. The third kappa shape index (κ3) is 5.88. The first-order valence-electron chi connectivity index (χ1n) is 8.56. The topological polar surface area (TPSA) is 55.4 Å². The Bertz CT molecular complexity index is 784. The van der Waals surface area contributed by atoms with Crippen LogP contribution in [0, 0.1) is 0 Å². The molecule has 1 N–H and O–H groups in total. The standard InChI is InChI=1S/C22H25NO3/c1-16(24)23-20(14-17-8-6-5-7-9-17)21(25)26-15-18-10-12-19(13-11-18)22(2,3)4/h5-14H,15H2,1-4H3,(H,23,24)/b20-14-. The van der Waals surface area contributed by atoms with Gasteiger partial charge >= 0.3 is 5.97 Å². The lowest BCUT2D eigenvalue weighted by atomic mass is 9.87. The molecule has 136 valence electrons. The molecule has 0 spiro atoms. The molecule has 26 heavy (non-hydrogen) atoms. The second-order valence-electron chi connectivity index (χ2n) is 7.17. The van der Waals surface area contributed by atoms with Gasteiger partial charge in [0.25, 0.3) is 0 Å². The summed E-state index contributed by atoms with van der Waals surface area (Å²) in [6, 6.07) is 17.3. The number of esters is 1. The van der Waals surface area contributed by atoms with E-state index < -0.39 is 5.97 Å². The lowest BCUT2D eigenvalue weighted by Crippen LogP contribution is -2.26. The molecule has 0 heterocycles. The minimum absolute atomic E-state index is 0.0756. The summed E-state index contributed by atoms with van der Waals surface area (Å²) < 4.78 is 5.37. The van der Waals surface area contributed by atoms with Gasteiger partial charge in [0.2, 0.25) is 5.91 Å². The minimum Gasteiger partial charge on any atom is -0.456 e. The highest BCUT2D eigenvalue weighted by Crippen LogP contribution is 2.22. The number of rotatable bonds is 5. The quantitative estimate of drug-likeness (QED) is 0.649. The van der Waals surface area contributed by atoms with Gasteiger partial charge in [-0.25, -0.2) is 4.79 Å². The van der Waals surface area contributed by atoms with Gasteiger partial charge in [-0.05, 0) is 28.2 Å². The van der Waals surface area contributed by atoms with Crippen molar-refractivity contribution in [1.82, 2.24) is 5.32 Å². The minimum atomic E-state index is -0.566. The molecule has 0 atom stereocenters. The summed E-state index contributed by atoms with van der Waals surface area (Å²) in [6.07, 6.45) is 1.60. The monoisotopic (exact) mass is 351 g/mol. The molecule has 0 saturated carbocycles. The van der Waals surface area contributed by atoms with E-state index in [1.165, 1.54) is 12.5 Å². The lowest BCUT2D eigenvalue weighted by Gasteiger charge is -2.19. The van der Waals surface area contributed by atoms with Crippen LogP contribution >= 0.6 is 0 Å². The van der Waals surface area contributed by atoms with E-state index >= 15 is 0 Å². The van der Waals surface area contributed by atoms with E-state index in [0.29, 0.717) is 0 Å². The Labute approximate surface area is 154 Å². The van der Waals surface area contributed by atoms with E-state index in [2.05, 4.69) is 26.1 Å². The fraction of sp³-hybridized carbons (Fsp3) is 0.273. The largest absolute Gasteiger partial charge is 0.456 e. The molecule has 0 saturated heterocycles. The Kier molecular flexibility index (Phi) is 6.34. The highest BCUT2D eigenvalue weighted by Gasteiger charge is 2.15. The fourth-order valence-corrected chi connectivity index (χ4v) is 2.38. The molecule has 0 bridgehead atoms. The van der Waals surface area contributed by atoms with Gasteiger partial charge in [0.05, 0.1) is 0 Å². The van der Waals surface area contributed by atoms with Crippen molar-refractivity contribution < 1.29 is 14.3 Å². The van der Waals surface area contributed by atoms with Crippen molar-refractivity contribution in [3.8, 4) is 0 Å². The predicted molar refractivity (Wildman–Crippen MR) is 103 cm³/mol. The van der Waals surface area contributed by atoms with Crippen molar-refractivity contribution in [3.63, 3.8) is 0 Å². The Hall–Kier alpha value is -2.88. The highest BCUT2D eigenvalue weighted by molar-refractivity contribution is 5.97. The van der Waals surface area contributed by atoms with Gasteiger partial charge < -0.3 is 10.1 Å². The van der Waals surface area contributed by atoms with Crippen LogP contribution in [0.1, 0.15) is 44.4 Å². The molecule has 0 radical (unpaired) electrons. The summed E-state index contributed by atoms with van der Waals surface area (Å²) in [6.45, 7) is 7.95. The van der Waals surface area contributed by atoms with Gasteiger partial charge in [-0.1, -0.05) is 75.4 Å². The maximum Gasteiger partial charge on any atom is 0.355 e. The Balaban J connectivity index is 2.07. The van der Waals surface area contributed by atoms with Crippen LogP contribution in [0.2, 0.25) is 0 Å². The summed E-state index contributed by atoms with van der Waals surface area (Å²) >= 11 is 0. The van der Waals surface area contributed by atoms with E-state index in [4.69, 9.17) is 4.74 Å². The third-order valence-electron chi connectivity index (χ3n) is 3.83. The molecule has 2 aromatic rings. The number of benzene rings is 2. The number of carbonyl (C=O) groups is 2. The average Bonchev–Trinajstić information content (AvgIpc) is 2.59. The Morgan fingerprint density at radius 2 is 1.62 bits per heavy atom. The van der Waals surface area contributed by atoms with Crippen molar-refractivity contribution in [2.75, 3.05) is 0 Å². The van der Waals surface area contributed by atoms with E-state index in [0.717, 1.165) is 11.1 Å². The Morgan fingerprint density at radius 1 is 1.00 bits per heavy atom. The van der Waals surface area contributed by atoms with Gasteiger partial charge in [-0.3, -0.25) is 4.79 Å². The molecule has 0 unspecified atom stereocenters. The van der Waals surface area contributed by atoms with E-state index in [9.17, 15) is 9.59 Å². The Morgan fingerprint density at radius 3 is 2.15 bits per heavy atom. The number of amides is 1. The number of hydrogen-bond acceptors (Lipinski definition) is 3. The zero-order chi connectivity index (χ0) is 19.2. The zero-order valence-electron chi connectivity index (χ0n) is 15.7. The molecule has 0 aromatic heterocycles. The van der Waals surface area contributed by atoms with E-state index in [1.807, 2.05) is 54.6 Å². The van der Waals surface area contributed by atoms with Crippen LogP contribution in [0.25, 0.3) is 6.08 Å². The average molecular weight is 351 g/mol. The van der Waals surface area contributed by atoms with Gasteiger partial charge in [-0.2, -0.15) is 0 Å². The molecule has 4 heteroatoms. The van der Waals surface area contributed by atoms with Crippen LogP contribution in [0.15, 0.2) is 60.3 Å². The van der Waals surface area contributed by atoms with Crippen molar-refractivity contribution >= 4 is 18.0 Å². The summed E-state index contributed by atoms with van der Waals surface area (Å²) in [5.74, 6) is -0.886. The first-order chi connectivity index (χ1) is 12.3. The molecular formula is C22H25NO3. The van der Waals surface area contributed by atoms with Crippen molar-refractivity contribution in [1.29, 1.82) is 0 Å². The smallest absolute Gasteiger partial charge is 0.355 e. The molecule has 0 aliphatic carbocycles. The molecule has 0 fully saturated rings. The highest BCUT2D eigenvalue weighted by atomic mass is 16.5. The van der Waals surface area contributed by atoms with Gasteiger partial charge in [-0.15, -0.1) is 0 Å². The molecule has 1 amide bonds. The molecule has 4 nitrogen and oxygen atoms in total. The first-order valence-corrected chi connectivity index (χ1v) is 8.56. The molecule has 2 rings (SSSR count). The summed E-state index contributed by atoms with van der Waals surface area (Å²) in [5.41, 5.74) is 3.12. The molecule has 0 aliphatic heterocycles. The summed E-state index contributed by atoms with van der Waals surface area (Å²) in [5, 5.41) is 2.54. The zero-order valence-corrected chi connectivity index (χ0v) is 15.7. The number of carbonyl (C=O) groups excluding carboxylic acids is 2. The van der Waals surface area contributed by atoms with Crippen molar-refractivity contribution in [3.05, 3.63) is 77.0 Å². The van der Waals surface area contributed by atoms with Gasteiger partial charge in [0.15, 0.2) is 0 Å². The van der Waals surface area contributed by atoms with Crippen molar-refractivity contribution in [2.45, 2.75) is 39.7 Å². The lowest BCUT2D eigenvalue weighted by molar-refractivity contribution is -0.141. The number of hydrogen-bond donors (Lipinski definition) is 1. The first kappa shape index (κ1) is 19.4. The number of nitrogens with one attached hydrogen (secondary N) is 1. The van der Waals surface area contributed by atoms with Crippen molar-refractivity contribution in [2.24, 2.45) is 0 Å². The maximum absolute atomic E-state index is 12.4. The van der Waals surface area contributed by atoms with Crippen LogP contribution in [-0.4, -0.2) is 11.9 Å². The van der Waals surface area contributed by atoms with Crippen LogP contribution in [-0.2, 0) is 26.3 Å². The second kappa shape index (κ2) is 8.48. The molecular weight excluding hydrogens is 326 g/mol. The normalized spacial score (nSPS) is 11.8. The fourth-order valence-electron chi connectivity index (χ4n) is 2.38. The molecule has 0 aliphatic rings. The van der Waals surface area contributed by atoms with Crippen LogP contribution in [0.4, 0.5) is 0 Å². The van der Waals surface area contributed by atoms with Gasteiger partial charge in [0.1, 0.15) is 12.3 Å². The number of ether oxygens (including phenoxy) is 1. The summed E-state index contributed by atoms with van der Waals surface area (Å²) in [4.78, 5) is 23.8. The van der Waals surface area contributed by atoms with Gasteiger partial charge in [0, 0.05) is 6.92 Å². The van der Waals surface area contributed by atoms with E-state index in [1.54, 1.807) is 6.08 Å². The SMILES string of the molecule is CC(=O)N/C(=C\c1ccccc1)C(=O)OCc1ccc(C(C)(C)C)cc1. The summed E-state index contributed by atoms with van der Waals surface area (Å²) in [7, 11) is 0. The van der Waals surface area contributed by atoms with Crippen LogP contribution in [0.5, 0.6) is 0 Å². The maximum atomic E-state index is 12.4. The van der Waals surface area contributed by atoms with Crippen LogP contribution in [0.3, 0.4) is 0 Å².